The van der Waals surface area contributed by atoms with Gasteiger partial charge in [-0.1, -0.05) is 12.1 Å². The number of rotatable bonds is 4. The number of methoxy groups -OCH3 is 1. The van der Waals surface area contributed by atoms with E-state index < -0.39 is 0 Å². The highest BCUT2D eigenvalue weighted by molar-refractivity contribution is 5.97. The highest BCUT2D eigenvalue weighted by Crippen LogP contribution is 2.31. The Morgan fingerprint density at radius 1 is 1.23 bits per heavy atom. The normalized spacial score (nSPS) is 12.4. The molecule has 0 aliphatic carbocycles. The molecule has 1 N–H and O–H groups in total. The van der Waals surface area contributed by atoms with Crippen LogP contribution in [0, 0.1) is 0 Å². The second kappa shape index (κ2) is 6.17. The number of hydrogen-bond donors (Lipinski definition) is 1. The molecule has 0 bridgehead atoms. The number of amides is 1. The topological polar surface area (TPSA) is 69.2 Å². The first-order valence-electron chi connectivity index (χ1n) is 6.64. The minimum Gasteiger partial charge on any atom is -0.496 e. The monoisotopic (exact) mass is 298 g/mol. The molecule has 1 amide bonds. The van der Waals surface area contributed by atoms with Gasteiger partial charge in [0, 0.05) is 0 Å². The lowest BCUT2D eigenvalue weighted by Crippen LogP contribution is -2.18. The molecule has 1 aliphatic heterocycles. The molecule has 0 saturated carbocycles. The molecule has 0 saturated heterocycles. The summed E-state index contributed by atoms with van der Waals surface area (Å²) in [7, 11) is 1.52. The molecular weight excluding hydrogens is 284 g/mol. The standard InChI is InChI=1S/C16H14N2O4/c1-20-13-5-3-2-4-12(13)16(19)18-17-9-11-6-7-14-15(8-11)22-10-21-14/h2-9H,10H2,1H3,(H,18,19)/b17-9-. The summed E-state index contributed by atoms with van der Waals surface area (Å²) in [5, 5.41) is 3.94. The van der Waals surface area contributed by atoms with Gasteiger partial charge in [-0.05, 0) is 35.9 Å². The van der Waals surface area contributed by atoms with Crippen LogP contribution in [0.5, 0.6) is 17.2 Å². The number of hydrogen-bond acceptors (Lipinski definition) is 5. The highest BCUT2D eigenvalue weighted by atomic mass is 16.7. The number of hydrazone groups is 1. The van der Waals surface area contributed by atoms with E-state index in [0.29, 0.717) is 22.8 Å². The van der Waals surface area contributed by atoms with Gasteiger partial charge in [0.15, 0.2) is 11.5 Å². The van der Waals surface area contributed by atoms with E-state index in [1.807, 2.05) is 6.07 Å². The lowest BCUT2D eigenvalue weighted by molar-refractivity contribution is 0.0952. The molecule has 6 nitrogen and oxygen atoms in total. The Bertz CT molecular complexity index is 728. The van der Waals surface area contributed by atoms with Crippen LogP contribution in [-0.4, -0.2) is 26.0 Å². The second-order valence-corrected chi connectivity index (χ2v) is 4.51. The minimum atomic E-state index is -0.338. The molecule has 0 aromatic heterocycles. The molecule has 0 unspecified atom stereocenters. The summed E-state index contributed by atoms with van der Waals surface area (Å²) >= 11 is 0. The van der Waals surface area contributed by atoms with Gasteiger partial charge in [0.1, 0.15) is 5.75 Å². The third kappa shape index (κ3) is 2.85. The number of nitrogens with one attached hydrogen (secondary N) is 1. The quantitative estimate of drug-likeness (QED) is 0.694. The van der Waals surface area contributed by atoms with Crippen LogP contribution >= 0.6 is 0 Å². The summed E-state index contributed by atoms with van der Waals surface area (Å²) in [5.74, 6) is 1.53. The van der Waals surface area contributed by atoms with Crippen molar-refractivity contribution in [3.8, 4) is 17.2 Å². The summed E-state index contributed by atoms with van der Waals surface area (Å²) in [5.41, 5.74) is 3.69. The molecule has 0 fully saturated rings. The van der Waals surface area contributed by atoms with E-state index in [1.165, 1.54) is 13.3 Å². The third-order valence-corrected chi connectivity index (χ3v) is 3.13. The van der Waals surface area contributed by atoms with Crippen LogP contribution in [0.3, 0.4) is 0 Å². The Kier molecular flexibility index (Phi) is 3.91. The number of nitrogens with zero attached hydrogens (tertiary/aromatic N) is 1. The van der Waals surface area contributed by atoms with Crippen molar-refractivity contribution in [3.05, 3.63) is 53.6 Å². The third-order valence-electron chi connectivity index (χ3n) is 3.13. The van der Waals surface area contributed by atoms with Gasteiger partial charge in [-0.2, -0.15) is 5.10 Å². The summed E-state index contributed by atoms with van der Waals surface area (Å²) in [6, 6.07) is 12.4. The van der Waals surface area contributed by atoms with Crippen LogP contribution in [0.25, 0.3) is 0 Å². The van der Waals surface area contributed by atoms with E-state index in [2.05, 4.69) is 10.5 Å². The second-order valence-electron chi connectivity index (χ2n) is 4.51. The first-order chi connectivity index (χ1) is 10.8. The Hall–Kier alpha value is -3.02. The zero-order chi connectivity index (χ0) is 15.4. The lowest BCUT2D eigenvalue weighted by atomic mass is 10.2. The molecule has 6 heteroatoms. The number of fused-ring (bicyclic) bond motifs is 1. The van der Waals surface area contributed by atoms with E-state index in [4.69, 9.17) is 14.2 Å². The summed E-state index contributed by atoms with van der Waals surface area (Å²) in [6.45, 7) is 0.223. The van der Waals surface area contributed by atoms with Crippen LogP contribution < -0.4 is 19.6 Å². The molecule has 1 aliphatic rings. The van der Waals surface area contributed by atoms with Crippen molar-refractivity contribution in [2.45, 2.75) is 0 Å². The molecule has 1 heterocycles. The van der Waals surface area contributed by atoms with E-state index in [9.17, 15) is 4.79 Å². The largest absolute Gasteiger partial charge is 0.496 e. The van der Waals surface area contributed by atoms with Crippen molar-refractivity contribution in [1.29, 1.82) is 0 Å². The van der Waals surface area contributed by atoms with Crippen LogP contribution in [0.15, 0.2) is 47.6 Å². The van der Waals surface area contributed by atoms with Gasteiger partial charge in [-0.3, -0.25) is 4.79 Å². The van der Waals surface area contributed by atoms with Crippen LogP contribution in [0.2, 0.25) is 0 Å². The average molecular weight is 298 g/mol. The first kappa shape index (κ1) is 13.9. The number of benzene rings is 2. The highest BCUT2D eigenvalue weighted by Gasteiger charge is 2.13. The molecular formula is C16H14N2O4. The summed E-state index contributed by atoms with van der Waals surface area (Å²) < 4.78 is 15.6. The Morgan fingerprint density at radius 2 is 2.05 bits per heavy atom. The van der Waals surface area contributed by atoms with Crippen LogP contribution in [0.4, 0.5) is 0 Å². The van der Waals surface area contributed by atoms with Gasteiger partial charge in [0.2, 0.25) is 6.79 Å². The fraction of sp³-hybridized carbons (Fsp3) is 0.125. The summed E-state index contributed by atoms with van der Waals surface area (Å²) in [4.78, 5) is 12.1. The van der Waals surface area contributed by atoms with Gasteiger partial charge < -0.3 is 14.2 Å². The maximum atomic E-state index is 12.1. The maximum Gasteiger partial charge on any atom is 0.275 e. The van der Waals surface area contributed by atoms with Gasteiger partial charge in [-0.15, -0.1) is 0 Å². The fourth-order valence-corrected chi connectivity index (χ4v) is 2.05. The smallest absolute Gasteiger partial charge is 0.275 e. The van der Waals surface area contributed by atoms with E-state index in [1.54, 1.807) is 36.4 Å². The summed E-state index contributed by atoms with van der Waals surface area (Å²) in [6.07, 6.45) is 1.54. The number of ether oxygens (including phenoxy) is 3. The van der Waals surface area contributed by atoms with Crippen LogP contribution in [0.1, 0.15) is 15.9 Å². The number of carbonyl (C=O) groups excluding carboxylic acids is 1. The van der Waals surface area contributed by atoms with E-state index in [-0.39, 0.29) is 12.7 Å². The van der Waals surface area contributed by atoms with Gasteiger partial charge in [0.05, 0.1) is 18.9 Å². The van der Waals surface area contributed by atoms with Crippen molar-refractivity contribution < 1.29 is 19.0 Å². The fourth-order valence-electron chi connectivity index (χ4n) is 2.05. The average Bonchev–Trinajstić information content (AvgIpc) is 3.02. The molecule has 22 heavy (non-hydrogen) atoms. The maximum absolute atomic E-state index is 12.1. The molecule has 3 rings (SSSR count). The van der Waals surface area contributed by atoms with Crippen molar-refractivity contribution in [2.24, 2.45) is 5.10 Å². The number of carbonyl (C=O) groups is 1. The predicted octanol–water partition coefficient (Wildman–Crippen LogP) is 2.19. The molecule has 2 aromatic rings. The van der Waals surface area contributed by atoms with E-state index in [0.717, 1.165) is 5.56 Å². The van der Waals surface area contributed by atoms with E-state index >= 15 is 0 Å². The van der Waals surface area contributed by atoms with Crippen LogP contribution in [-0.2, 0) is 0 Å². The molecule has 0 atom stereocenters. The minimum absolute atomic E-state index is 0.223. The zero-order valence-electron chi connectivity index (χ0n) is 11.9. The first-order valence-corrected chi connectivity index (χ1v) is 6.64. The molecule has 2 aromatic carbocycles. The predicted molar refractivity (Wildman–Crippen MR) is 80.6 cm³/mol. The van der Waals surface area contributed by atoms with Crippen molar-refractivity contribution in [2.75, 3.05) is 13.9 Å². The SMILES string of the molecule is COc1ccccc1C(=O)N/N=C\c1ccc2c(c1)OCO2. The van der Waals surface area contributed by atoms with Gasteiger partial charge in [0.25, 0.3) is 5.91 Å². The Balaban J connectivity index is 1.68. The number of para-hydroxylation sites is 1. The lowest BCUT2D eigenvalue weighted by Gasteiger charge is -2.05. The van der Waals surface area contributed by atoms with Gasteiger partial charge >= 0.3 is 0 Å². The van der Waals surface area contributed by atoms with Crippen molar-refractivity contribution in [1.82, 2.24) is 5.43 Å². The van der Waals surface area contributed by atoms with Crippen molar-refractivity contribution in [3.63, 3.8) is 0 Å². The Morgan fingerprint density at radius 3 is 2.91 bits per heavy atom. The van der Waals surface area contributed by atoms with Gasteiger partial charge in [-0.25, -0.2) is 5.43 Å². The molecule has 112 valence electrons. The molecule has 0 radical (unpaired) electrons. The molecule has 0 spiro atoms. The van der Waals surface area contributed by atoms with Crippen molar-refractivity contribution >= 4 is 12.1 Å². The zero-order valence-corrected chi connectivity index (χ0v) is 11.9. The Labute approximate surface area is 127 Å².